The fourth-order valence-corrected chi connectivity index (χ4v) is 3.55. The minimum Gasteiger partial charge on any atom is -0.494 e. The monoisotopic (exact) mass is 444 g/mol. The number of benzene rings is 1. The molecule has 0 radical (unpaired) electrons. The van der Waals surface area contributed by atoms with E-state index in [9.17, 15) is 4.79 Å². The van der Waals surface area contributed by atoms with Crippen molar-refractivity contribution >= 4 is 5.91 Å². The molecule has 0 atom stereocenters. The van der Waals surface area contributed by atoms with Gasteiger partial charge < -0.3 is 14.6 Å². The normalized spacial score (nSPS) is 13.2. The first kappa shape index (κ1) is 20.9. The number of hydrogen-bond donors (Lipinski definition) is 1. The van der Waals surface area contributed by atoms with Crippen LogP contribution in [-0.4, -0.2) is 37.4 Å². The average Bonchev–Trinajstić information content (AvgIpc) is 3.44. The lowest BCUT2D eigenvalue weighted by Gasteiger charge is -2.08. The van der Waals surface area contributed by atoms with Crippen molar-refractivity contribution in [1.82, 2.24) is 30.2 Å². The van der Waals surface area contributed by atoms with Crippen LogP contribution in [0.3, 0.4) is 0 Å². The summed E-state index contributed by atoms with van der Waals surface area (Å²) in [7, 11) is 0. The molecule has 1 amide bonds. The number of aromatic nitrogens is 5. The summed E-state index contributed by atoms with van der Waals surface area (Å²) in [6.07, 6.45) is 5.46. The van der Waals surface area contributed by atoms with Gasteiger partial charge in [0, 0.05) is 18.7 Å². The Morgan fingerprint density at radius 3 is 2.88 bits per heavy atom. The molecule has 1 saturated carbocycles. The first-order valence-electron chi connectivity index (χ1n) is 11.0. The third-order valence-electron chi connectivity index (χ3n) is 5.51. The van der Waals surface area contributed by atoms with Crippen LogP contribution < -0.4 is 10.1 Å². The van der Waals surface area contributed by atoms with Gasteiger partial charge in [0.05, 0.1) is 29.6 Å². The van der Waals surface area contributed by atoms with Gasteiger partial charge in [-0.1, -0.05) is 17.3 Å². The zero-order chi connectivity index (χ0) is 22.8. The Morgan fingerprint density at radius 2 is 2.12 bits per heavy atom. The number of rotatable bonds is 8. The molecule has 1 N–H and O–H groups in total. The first-order valence-corrected chi connectivity index (χ1v) is 11.0. The fourth-order valence-electron chi connectivity index (χ4n) is 3.55. The molecule has 5 rings (SSSR count). The predicted molar refractivity (Wildman–Crippen MR) is 120 cm³/mol. The number of carbonyl (C=O) groups is 1. The molecule has 0 spiro atoms. The Morgan fingerprint density at radius 1 is 1.24 bits per heavy atom. The fraction of sp³-hybridized carbons (Fsp3) is 0.292. The molecule has 1 fully saturated rings. The Labute approximate surface area is 190 Å². The van der Waals surface area contributed by atoms with Crippen molar-refractivity contribution in [3.63, 3.8) is 0 Å². The lowest BCUT2D eigenvalue weighted by atomic mass is 10.2. The molecule has 1 aromatic carbocycles. The topological polar surface area (TPSA) is 108 Å². The van der Waals surface area contributed by atoms with Gasteiger partial charge in [0.1, 0.15) is 5.75 Å². The number of hydrogen-bond acceptors (Lipinski definition) is 7. The van der Waals surface area contributed by atoms with Gasteiger partial charge in [-0.15, -0.1) is 0 Å². The number of carbonyl (C=O) groups excluding carboxylic acids is 1. The molecule has 3 aromatic heterocycles. The van der Waals surface area contributed by atoms with E-state index in [2.05, 4.69) is 25.5 Å². The van der Waals surface area contributed by atoms with Crippen LogP contribution in [-0.2, 0) is 6.54 Å². The maximum absolute atomic E-state index is 12.8. The van der Waals surface area contributed by atoms with Crippen LogP contribution in [0.25, 0.3) is 17.3 Å². The van der Waals surface area contributed by atoms with E-state index in [0.29, 0.717) is 42.0 Å². The third-order valence-corrected chi connectivity index (χ3v) is 5.51. The molecule has 1 aliphatic rings. The van der Waals surface area contributed by atoms with Gasteiger partial charge >= 0.3 is 0 Å². The predicted octanol–water partition coefficient (Wildman–Crippen LogP) is 3.83. The van der Waals surface area contributed by atoms with Crippen LogP contribution in [0.2, 0.25) is 0 Å². The van der Waals surface area contributed by atoms with Crippen molar-refractivity contribution in [2.45, 2.75) is 39.2 Å². The number of nitrogens with one attached hydrogen (secondary N) is 1. The van der Waals surface area contributed by atoms with Crippen molar-refractivity contribution in [2.24, 2.45) is 0 Å². The van der Waals surface area contributed by atoms with Crippen molar-refractivity contribution in [1.29, 1.82) is 0 Å². The van der Waals surface area contributed by atoms with Crippen molar-refractivity contribution in [2.75, 3.05) is 6.61 Å². The van der Waals surface area contributed by atoms with E-state index in [0.717, 1.165) is 35.5 Å². The minimum atomic E-state index is -0.198. The zero-order valence-electron chi connectivity index (χ0n) is 18.5. The maximum atomic E-state index is 12.8. The molecule has 9 nitrogen and oxygen atoms in total. The van der Waals surface area contributed by atoms with Crippen molar-refractivity contribution < 1.29 is 14.1 Å². The summed E-state index contributed by atoms with van der Waals surface area (Å²) in [5.41, 5.74) is 2.90. The van der Waals surface area contributed by atoms with E-state index < -0.39 is 0 Å². The quantitative estimate of drug-likeness (QED) is 0.440. The second-order valence-electron chi connectivity index (χ2n) is 7.96. The van der Waals surface area contributed by atoms with Crippen LogP contribution in [0.15, 0.2) is 53.3 Å². The SMILES string of the molecule is CCOc1cccc(CNC(=O)c2cnn(-c3ccc(-c4nc(C5CC5)no4)cn3)c2C)c1. The maximum Gasteiger partial charge on any atom is 0.259 e. The lowest BCUT2D eigenvalue weighted by Crippen LogP contribution is -2.23. The molecule has 1 aliphatic carbocycles. The lowest BCUT2D eigenvalue weighted by molar-refractivity contribution is 0.0950. The first-order chi connectivity index (χ1) is 16.1. The van der Waals surface area contributed by atoms with E-state index in [-0.39, 0.29) is 5.91 Å². The standard InChI is InChI=1S/C24H24N6O3/c1-3-32-19-6-4-5-16(11-19)12-26-23(31)20-14-27-30(15(20)2)21-10-9-18(13-25-21)24-28-22(29-33-24)17-7-8-17/h4-6,9-11,13-14,17H,3,7-8,12H2,1-2H3,(H,26,31). The van der Waals surface area contributed by atoms with Gasteiger partial charge in [-0.3, -0.25) is 4.79 Å². The molecule has 0 aliphatic heterocycles. The largest absolute Gasteiger partial charge is 0.494 e. The van der Waals surface area contributed by atoms with Gasteiger partial charge in [-0.25, -0.2) is 9.67 Å². The average molecular weight is 444 g/mol. The van der Waals surface area contributed by atoms with Crippen LogP contribution in [0, 0.1) is 6.92 Å². The molecule has 33 heavy (non-hydrogen) atoms. The molecule has 4 aromatic rings. The van der Waals surface area contributed by atoms with Crippen LogP contribution in [0.5, 0.6) is 5.75 Å². The molecule has 168 valence electrons. The molecule has 0 saturated heterocycles. The van der Waals surface area contributed by atoms with E-state index >= 15 is 0 Å². The molecule has 0 unspecified atom stereocenters. The Kier molecular flexibility index (Phi) is 5.60. The van der Waals surface area contributed by atoms with Gasteiger partial charge in [-0.05, 0) is 56.5 Å². The summed E-state index contributed by atoms with van der Waals surface area (Å²) in [6.45, 7) is 4.77. The van der Waals surface area contributed by atoms with Crippen LogP contribution in [0.1, 0.15) is 53.1 Å². The molecular weight excluding hydrogens is 420 g/mol. The Bertz CT molecular complexity index is 1270. The number of ether oxygens (including phenoxy) is 1. The zero-order valence-corrected chi connectivity index (χ0v) is 18.5. The van der Waals surface area contributed by atoms with Crippen molar-refractivity contribution in [3.8, 4) is 23.0 Å². The summed E-state index contributed by atoms with van der Waals surface area (Å²) in [5, 5.41) is 11.3. The van der Waals surface area contributed by atoms with Crippen LogP contribution in [0.4, 0.5) is 0 Å². The van der Waals surface area contributed by atoms with E-state index in [4.69, 9.17) is 9.26 Å². The molecular formula is C24H24N6O3. The third kappa shape index (κ3) is 4.48. The van der Waals surface area contributed by atoms with E-state index in [1.54, 1.807) is 17.1 Å². The molecule has 3 heterocycles. The van der Waals surface area contributed by atoms with E-state index in [1.165, 1.54) is 0 Å². The Hall–Kier alpha value is -4.01. The summed E-state index contributed by atoms with van der Waals surface area (Å²) in [4.78, 5) is 21.7. The highest BCUT2D eigenvalue weighted by molar-refractivity contribution is 5.95. The minimum absolute atomic E-state index is 0.198. The molecule has 9 heteroatoms. The second kappa shape index (κ2) is 8.85. The van der Waals surface area contributed by atoms with Gasteiger partial charge in [0.15, 0.2) is 11.6 Å². The smallest absolute Gasteiger partial charge is 0.259 e. The highest BCUT2D eigenvalue weighted by atomic mass is 16.5. The van der Waals surface area contributed by atoms with E-state index in [1.807, 2.05) is 50.2 Å². The Balaban J connectivity index is 1.27. The van der Waals surface area contributed by atoms with Gasteiger partial charge in [-0.2, -0.15) is 10.1 Å². The summed E-state index contributed by atoms with van der Waals surface area (Å²) >= 11 is 0. The summed E-state index contributed by atoms with van der Waals surface area (Å²) in [6, 6.07) is 11.3. The van der Waals surface area contributed by atoms with Gasteiger partial charge in [0.25, 0.3) is 11.8 Å². The van der Waals surface area contributed by atoms with Crippen molar-refractivity contribution in [3.05, 3.63) is 71.4 Å². The summed E-state index contributed by atoms with van der Waals surface area (Å²) < 4.78 is 12.5. The second-order valence-corrected chi connectivity index (χ2v) is 7.96. The highest BCUT2D eigenvalue weighted by Gasteiger charge is 2.29. The van der Waals surface area contributed by atoms with Gasteiger partial charge in [0.2, 0.25) is 0 Å². The summed E-state index contributed by atoms with van der Waals surface area (Å²) in [5.74, 6) is 2.84. The van der Waals surface area contributed by atoms with Crippen LogP contribution >= 0.6 is 0 Å². The number of nitrogens with zero attached hydrogens (tertiary/aromatic N) is 5. The highest BCUT2D eigenvalue weighted by Crippen LogP contribution is 2.38. The number of amides is 1. The molecule has 0 bridgehead atoms. The number of pyridine rings is 1.